The van der Waals surface area contributed by atoms with Gasteiger partial charge in [-0.3, -0.25) is 10.1 Å². The van der Waals surface area contributed by atoms with E-state index in [1.165, 1.54) is 12.1 Å². The van der Waals surface area contributed by atoms with E-state index in [9.17, 15) is 15.2 Å². The van der Waals surface area contributed by atoms with Crippen LogP contribution in [0.1, 0.15) is 17.5 Å². The third kappa shape index (κ3) is 12.8. The second-order valence-electron chi connectivity index (χ2n) is 13.0. The molecule has 0 unspecified atom stereocenters. The largest absolute Gasteiger partial charge is 2.00 e. The fourth-order valence-corrected chi connectivity index (χ4v) is 5.91. The number of hydrogen-bond donors (Lipinski definition) is 0. The van der Waals surface area contributed by atoms with Gasteiger partial charge in [0.2, 0.25) is 0 Å². The van der Waals surface area contributed by atoms with Gasteiger partial charge in [0, 0.05) is 28.8 Å². The predicted octanol–water partition coefficient (Wildman–Crippen LogP) is 7.26. The third-order valence-corrected chi connectivity index (χ3v) is 8.85. The molecule has 61 heavy (non-hydrogen) atoms. The molecule has 0 spiro atoms. The first-order valence-electron chi connectivity index (χ1n) is 18.8. The molecule has 0 aliphatic carbocycles. The minimum Gasteiger partial charge on any atom is -0.872 e. The van der Waals surface area contributed by atoms with Crippen molar-refractivity contribution in [1.82, 2.24) is 44.0 Å². The van der Waals surface area contributed by atoms with Crippen molar-refractivity contribution in [1.29, 1.82) is 0 Å². The summed E-state index contributed by atoms with van der Waals surface area (Å²) in [5.41, 5.74) is 2.79. The summed E-state index contributed by atoms with van der Waals surface area (Å²) >= 11 is 0. The Labute approximate surface area is 366 Å². The van der Waals surface area contributed by atoms with E-state index in [4.69, 9.17) is 30.2 Å². The number of non-ortho nitro benzene ring substituents is 1. The number of hydrogen-bond acceptors (Lipinski definition) is 9. The molecule has 0 amide bonds. The third-order valence-electron chi connectivity index (χ3n) is 8.85. The monoisotopic (exact) mass is 862 g/mol. The van der Waals surface area contributed by atoms with Crippen LogP contribution in [-0.2, 0) is 19.5 Å². The predicted molar refractivity (Wildman–Crippen MR) is 233 cm³/mol. The topological polar surface area (TPSA) is 190 Å². The Balaban J connectivity index is 0.000000277. The van der Waals surface area contributed by atoms with Gasteiger partial charge >= 0.3 is 26.6 Å². The molecule has 0 atom stereocenters. The summed E-state index contributed by atoms with van der Waals surface area (Å²) in [4.78, 5) is 23.8. The van der Waals surface area contributed by atoms with Crippen LogP contribution in [0.3, 0.4) is 0 Å². The van der Waals surface area contributed by atoms with Crippen LogP contribution in [0.4, 0.5) is 5.69 Å². The molecule has 9 aromatic rings. The summed E-state index contributed by atoms with van der Waals surface area (Å²) in [6.07, 6.45) is 0. The van der Waals surface area contributed by atoms with E-state index in [0.29, 0.717) is 17.5 Å². The van der Waals surface area contributed by atoms with Gasteiger partial charge in [0.05, 0.1) is 22.4 Å². The molecular weight excluding hydrogens is 821 g/mol. The van der Waals surface area contributed by atoms with E-state index in [1.54, 1.807) is 0 Å². The van der Waals surface area contributed by atoms with Crippen molar-refractivity contribution in [3.8, 4) is 39.9 Å². The van der Waals surface area contributed by atoms with Crippen LogP contribution < -0.4 is 5.11 Å². The van der Waals surface area contributed by atoms with Crippen molar-refractivity contribution in [3.05, 3.63) is 216 Å². The second-order valence-corrected chi connectivity index (χ2v) is 13.0. The van der Waals surface area contributed by atoms with Gasteiger partial charge in [-0.2, -0.15) is 15.3 Å². The molecule has 0 aliphatic rings. The van der Waals surface area contributed by atoms with E-state index in [-0.39, 0.29) is 36.4 Å². The molecule has 0 saturated heterocycles. The van der Waals surface area contributed by atoms with Crippen LogP contribution in [0.5, 0.6) is 5.75 Å². The summed E-state index contributed by atoms with van der Waals surface area (Å²) < 4.78 is 5.74. The Kier molecular flexibility index (Phi) is 17.6. The van der Waals surface area contributed by atoms with Crippen molar-refractivity contribution in [3.63, 3.8) is 0 Å². The molecule has 0 fully saturated rings. The Hall–Kier alpha value is -7.41. The molecule has 3 heterocycles. The van der Waals surface area contributed by atoms with Crippen LogP contribution in [0, 0.1) is 30.9 Å². The van der Waals surface area contributed by atoms with E-state index in [1.807, 2.05) is 198 Å². The standard InChI is InChI=1S/C27H25BN9.C6H5NO3.2C6H6.H2O.Zn/c1-19-29-25(22-13-7-4-8-14-22)32-35(19)28(36-20(2)30-26(33-36)23-15-9-5-10-16-23)37-21(3)31-27(34-37)24-17-11-6-12-18-24;8-6-3-1-5(2-4-6)7(9)10;2*1-2-4-6-5-3-1;;/h4-18,28H,1-3H3;1-4,8H;2*1-6H;1H2;/q-1;;;;;+2/p-1. The number of aryl methyl sites for hydroxylation is 3. The summed E-state index contributed by atoms with van der Waals surface area (Å²) in [5, 5.41) is 35.3. The molecule has 14 nitrogen and oxygen atoms in total. The Morgan fingerprint density at radius 2 is 0.689 bits per heavy atom. The molecule has 0 bridgehead atoms. The first-order chi connectivity index (χ1) is 28.8. The summed E-state index contributed by atoms with van der Waals surface area (Å²) in [7, 11) is -1.74. The van der Waals surface area contributed by atoms with Crippen LogP contribution in [0.15, 0.2) is 188 Å². The van der Waals surface area contributed by atoms with Gasteiger partial charge in [-0.1, -0.05) is 176 Å². The van der Waals surface area contributed by atoms with Crippen LogP contribution in [-0.4, -0.2) is 61.5 Å². The first kappa shape index (κ1) is 46.3. The quantitative estimate of drug-likeness (QED) is 0.0902. The second kappa shape index (κ2) is 23.2. The number of nitro groups is 1. The van der Waals surface area contributed by atoms with Gasteiger partial charge in [-0.25, -0.2) is 15.0 Å². The molecule has 3 aromatic heterocycles. The van der Waals surface area contributed by atoms with Crippen molar-refractivity contribution < 1.29 is 35.0 Å². The number of nitrogens with zero attached hydrogens (tertiary/aromatic N) is 10. The van der Waals surface area contributed by atoms with Gasteiger partial charge in [0.1, 0.15) is 0 Å². The maximum Gasteiger partial charge on any atom is 2.00 e. The zero-order valence-electron chi connectivity index (χ0n) is 34.0. The average Bonchev–Trinajstić information content (AvgIpc) is 4.00. The molecule has 302 valence electrons. The first-order valence-corrected chi connectivity index (χ1v) is 18.8. The maximum absolute atomic E-state index is 10.4. The van der Waals surface area contributed by atoms with Gasteiger partial charge in [0.15, 0.2) is 17.5 Å². The van der Waals surface area contributed by atoms with Crippen molar-refractivity contribution in [2.45, 2.75) is 20.8 Å². The van der Waals surface area contributed by atoms with Gasteiger partial charge in [-0.15, -0.1) is 5.75 Å². The number of nitro benzene ring substituents is 1. The van der Waals surface area contributed by atoms with Crippen LogP contribution in [0.25, 0.3) is 34.2 Å². The normalized spacial score (nSPS) is 9.97. The number of benzene rings is 6. The van der Waals surface area contributed by atoms with E-state index < -0.39 is 12.0 Å². The van der Waals surface area contributed by atoms with Crippen molar-refractivity contribution >= 4 is 12.8 Å². The van der Waals surface area contributed by atoms with Crippen LogP contribution in [0.2, 0.25) is 0 Å². The summed E-state index contributed by atoms with van der Waals surface area (Å²) in [6.45, 7) is 5.86. The Bertz CT molecular complexity index is 2350. The van der Waals surface area contributed by atoms with E-state index in [2.05, 4.69) is 0 Å². The average molecular weight is 864 g/mol. The van der Waals surface area contributed by atoms with Crippen LogP contribution >= 0.6 is 0 Å². The number of aromatic nitrogens is 9. The van der Waals surface area contributed by atoms with E-state index >= 15 is 0 Å². The van der Waals surface area contributed by atoms with E-state index in [0.717, 1.165) is 46.3 Å². The van der Waals surface area contributed by atoms with Gasteiger partial charge < -0.3 is 24.4 Å². The molecule has 6 aromatic carbocycles. The summed E-state index contributed by atoms with van der Waals surface area (Å²) in [6, 6.07) is 58.6. The van der Waals surface area contributed by atoms with Gasteiger partial charge in [-0.05, 0) is 20.8 Å². The van der Waals surface area contributed by atoms with Crippen molar-refractivity contribution in [2.24, 2.45) is 0 Å². The Morgan fingerprint density at radius 1 is 0.443 bits per heavy atom. The minimum atomic E-state index is -1.74. The zero-order valence-corrected chi connectivity index (χ0v) is 37.0. The SMILES string of the molecule is Cc1nc(-c2ccccc2)nn1[BH-](n1nc(-c2ccccc2)nc1C)n1nc(-c2ccccc2)nc1C.O.O=[N+]([O-])c1ccc([O-])cc1.[Zn+2].c1ccccc1.c1ccccc1. The molecular formula is C45H43BN10O4Zn. The zero-order chi connectivity index (χ0) is 41.4. The summed E-state index contributed by atoms with van der Waals surface area (Å²) in [5.74, 6) is 4.00. The fraction of sp³-hybridized carbons (Fsp3) is 0.0667. The minimum absolute atomic E-state index is 0. The fourth-order valence-electron chi connectivity index (χ4n) is 5.91. The Morgan fingerprint density at radius 3 is 0.934 bits per heavy atom. The smallest absolute Gasteiger partial charge is 0.872 e. The molecule has 16 heteroatoms. The maximum atomic E-state index is 10.4. The van der Waals surface area contributed by atoms with Gasteiger partial charge in [0.25, 0.3) is 5.69 Å². The van der Waals surface area contributed by atoms with Crippen molar-refractivity contribution in [2.75, 3.05) is 0 Å². The molecule has 0 aliphatic heterocycles. The molecule has 0 saturated carbocycles. The molecule has 0 radical (unpaired) electrons. The number of rotatable bonds is 7. The molecule has 2 N–H and O–H groups in total. The molecule has 9 rings (SSSR count).